The normalized spacial score (nSPS) is 12.8. The number of carbonyl (C=O) groups is 1. The first-order valence-electron chi connectivity index (χ1n) is 4.20. The summed E-state index contributed by atoms with van der Waals surface area (Å²) in [5.74, 6) is -1.16. The highest BCUT2D eigenvalue weighted by molar-refractivity contribution is 5.71. The number of unbranched alkanes of at least 4 members (excludes halogenated alkanes) is 3. The summed E-state index contributed by atoms with van der Waals surface area (Å²) in [4.78, 5) is 10.1. The van der Waals surface area contributed by atoms with Crippen LogP contribution in [0.3, 0.4) is 0 Å². The molecule has 4 heteroatoms. The van der Waals surface area contributed by atoms with Gasteiger partial charge in [0.05, 0.1) is 0 Å². The van der Waals surface area contributed by atoms with Gasteiger partial charge in [0, 0.05) is 6.61 Å². The molecule has 0 spiro atoms. The van der Waals surface area contributed by atoms with Gasteiger partial charge in [-0.25, -0.2) is 4.79 Å². The van der Waals surface area contributed by atoms with Crippen LogP contribution in [-0.4, -0.2) is 34.0 Å². The maximum Gasteiger partial charge on any atom is 0.332 e. The van der Waals surface area contributed by atoms with Crippen LogP contribution in [0.1, 0.15) is 32.1 Å². The highest BCUT2D eigenvalue weighted by Crippen LogP contribution is 2.05. The third kappa shape index (κ3) is 6.12. The van der Waals surface area contributed by atoms with Crippen LogP contribution < -0.4 is 0 Å². The molecule has 0 unspecified atom stereocenters. The summed E-state index contributed by atoms with van der Waals surface area (Å²) in [6, 6.07) is 0. The van der Waals surface area contributed by atoms with Crippen LogP contribution in [0.25, 0.3) is 0 Å². The predicted octanol–water partition coefficient (Wildman–Crippen LogP) is 0.375. The van der Waals surface area contributed by atoms with Crippen molar-refractivity contribution in [2.24, 2.45) is 0 Å². The first kappa shape index (κ1) is 11.4. The third-order valence-electron chi connectivity index (χ3n) is 1.67. The Morgan fingerprint density at radius 2 is 1.75 bits per heavy atom. The first-order chi connectivity index (χ1) is 5.68. The maximum absolute atomic E-state index is 10.1. The van der Waals surface area contributed by atoms with Gasteiger partial charge in [-0.3, -0.25) is 0 Å². The molecule has 0 heterocycles. The SMILES string of the molecule is O=C(O)[C@H](O)CCCCCCO. The zero-order chi connectivity index (χ0) is 9.40. The van der Waals surface area contributed by atoms with Gasteiger partial charge in [-0.1, -0.05) is 19.3 Å². The molecule has 0 aromatic heterocycles. The monoisotopic (exact) mass is 176 g/mol. The van der Waals surface area contributed by atoms with Crippen molar-refractivity contribution in [3.05, 3.63) is 0 Å². The summed E-state index contributed by atoms with van der Waals surface area (Å²) in [6.45, 7) is 0.182. The predicted molar refractivity (Wildman–Crippen MR) is 43.8 cm³/mol. The van der Waals surface area contributed by atoms with Crippen molar-refractivity contribution in [2.45, 2.75) is 38.2 Å². The van der Waals surface area contributed by atoms with Gasteiger partial charge in [0.25, 0.3) is 0 Å². The van der Waals surface area contributed by atoms with Crippen LogP contribution in [-0.2, 0) is 4.79 Å². The average molecular weight is 176 g/mol. The molecular formula is C8H16O4. The Kier molecular flexibility index (Phi) is 6.70. The van der Waals surface area contributed by atoms with Crippen LogP contribution >= 0.6 is 0 Å². The molecule has 0 aliphatic heterocycles. The standard InChI is InChI=1S/C8H16O4/c9-6-4-2-1-3-5-7(10)8(11)12/h7,9-10H,1-6H2,(H,11,12)/t7-/m1/s1. The number of carboxylic acids is 1. The van der Waals surface area contributed by atoms with Crippen LogP contribution in [0.4, 0.5) is 0 Å². The number of hydrogen-bond donors (Lipinski definition) is 3. The molecule has 0 fully saturated rings. The van der Waals surface area contributed by atoms with Gasteiger partial charge in [0.15, 0.2) is 6.10 Å². The highest BCUT2D eigenvalue weighted by Gasteiger charge is 2.11. The summed E-state index contributed by atoms with van der Waals surface area (Å²) in [5.41, 5.74) is 0. The molecule has 72 valence electrons. The van der Waals surface area contributed by atoms with E-state index in [2.05, 4.69) is 0 Å². The molecule has 0 saturated carbocycles. The second-order valence-electron chi connectivity index (χ2n) is 2.78. The smallest absolute Gasteiger partial charge is 0.332 e. The molecule has 12 heavy (non-hydrogen) atoms. The molecule has 0 aliphatic carbocycles. The third-order valence-corrected chi connectivity index (χ3v) is 1.67. The lowest BCUT2D eigenvalue weighted by Gasteiger charge is -2.03. The Balaban J connectivity index is 3.14. The second-order valence-corrected chi connectivity index (χ2v) is 2.78. The molecule has 0 amide bonds. The van der Waals surface area contributed by atoms with E-state index < -0.39 is 12.1 Å². The molecule has 0 bridgehead atoms. The highest BCUT2D eigenvalue weighted by atomic mass is 16.4. The van der Waals surface area contributed by atoms with Gasteiger partial charge in [-0.2, -0.15) is 0 Å². The minimum absolute atomic E-state index is 0.182. The van der Waals surface area contributed by atoms with Crippen molar-refractivity contribution in [1.82, 2.24) is 0 Å². The van der Waals surface area contributed by atoms with Crippen LogP contribution in [0.5, 0.6) is 0 Å². The van der Waals surface area contributed by atoms with Crippen LogP contribution in [0.2, 0.25) is 0 Å². The van der Waals surface area contributed by atoms with Gasteiger partial charge in [-0.15, -0.1) is 0 Å². The largest absolute Gasteiger partial charge is 0.479 e. The van der Waals surface area contributed by atoms with Gasteiger partial charge < -0.3 is 15.3 Å². The van der Waals surface area contributed by atoms with E-state index in [-0.39, 0.29) is 6.61 Å². The van der Waals surface area contributed by atoms with E-state index in [1.807, 2.05) is 0 Å². The fourth-order valence-corrected chi connectivity index (χ4v) is 0.927. The van der Waals surface area contributed by atoms with Gasteiger partial charge in [0.1, 0.15) is 0 Å². The maximum atomic E-state index is 10.1. The van der Waals surface area contributed by atoms with Crippen molar-refractivity contribution < 1.29 is 20.1 Å². The molecule has 4 nitrogen and oxygen atoms in total. The fourth-order valence-electron chi connectivity index (χ4n) is 0.927. The van der Waals surface area contributed by atoms with E-state index in [1.165, 1.54) is 0 Å². The number of hydrogen-bond acceptors (Lipinski definition) is 3. The Bertz CT molecular complexity index is 124. The number of aliphatic carboxylic acids is 1. The lowest BCUT2D eigenvalue weighted by molar-refractivity contribution is -0.146. The Morgan fingerprint density at radius 1 is 1.17 bits per heavy atom. The zero-order valence-corrected chi connectivity index (χ0v) is 7.07. The number of aliphatic hydroxyl groups excluding tert-OH is 2. The van der Waals surface area contributed by atoms with Crippen LogP contribution in [0, 0.1) is 0 Å². The Labute approximate surface area is 71.8 Å². The summed E-state index contributed by atoms with van der Waals surface area (Å²) in [6.07, 6.45) is 2.30. The molecular weight excluding hydrogens is 160 g/mol. The van der Waals surface area contributed by atoms with Crippen molar-refractivity contribution >= 4 is 5.97 Å². The molecule has 0 radical (unpaired) electrons. The number of carboxylic acid groups (broad SMARTS) is 1. The summed E-state index contributed by atoms with van der Waals surface area (Å²) >= 11 is 0. The second kappa shape index (κ2) is 7.06. The topological polar surface area (TPSA) is 77.8 Å². The lowest BCUT2D eigenvalue weighted by Crippen LogP contribution is -2.18. The van der Waals surface area contributed by atoms with Crippen molar-refractivity contribution in [2.75, 3.05) is 6.61 Å². The summed E-state index contributed by atoms with van der Waals surface area (Å²) in [7, 11) is 0. The molecule has 0 rings (SSSR count). The van der Waals surface area contributed by atoms with E-state index in [0.717, 1.165) is 19.3 Å². The van der Waals surface area contributed by atoms with Gasteiger partial charge in [0.2, 0.25) is 0 Å². The fraction of sp³-hybridized carbons (Fsp3) is 0.875. The minimum Gasteiger partial charge on any atom is -0.479 e. The summed E-state index contributed by atoms with van der Waals surface area (Å²) < 4.78 is 0. The molecule has 0 aliphatic rings. The molecule has 0 aromatic rings. The average Bonchev–Trinajstić information content (AvgIpc) is 2.03. The molecule has 0 saturated heterocycles. The van der Waals surface area contributed by atoms with Gasteiger partial charge in [-0.05, 0) is 12.8 Å². The molecule has 3 N–H and O–H groups in total. The minimum atomic E-state index is -1.22. The van der Waals surface area contributed by atoms with E-state index >= 15 is 0 Å². The van der Waals surface area contributed by atoms with Gasteiger partial charge >= 0.3 is 5.97 Å². The van der Waals surface area contributed by atoms with Crippen LogP contribution in [0.15, 0.2) is 0 Å². The zero-order valence-electron chi connectivity index (χ0n) is 7.07. The van der Waals surface area contributed by atoms with E-state index in [0.29, 0.717) is 12.8 Å². The Morgan fingerprint density at radius 3 is 2.25 bits per heavy atom. The lowest BCUT2D eigenvalue weighted by atomic mass is 10.1. The van der Waals surface area contributed by atoms with E-state index in [9.17, 15) is 4.79 Å². The van der Waals surface area contributed by atoms with Crippen molar-refractivity contribution in [3.63, 3.8) is 0 Å². The first-order valence-corrected chi connectivity index (χ1v) is 4.20. The quantitative estimate of drug-likeness (QED) is 0.490. The number of aliphatic hydroxyl groups is 2. The number of rotatable bonds is 7. The Hall–Kier alpha value is -0.610. The summed E-state index contributed by atoms with van der Waals surface area (Å²) in [5, 5.41) is 25.5. The van der Waals surface area contributed by atoms with Crippen molar-refractivity contribution in [3.8, 4) is 0 Å². The van der Waals surface area contributed by atoms with Crippen molar-refractivity contribution in [1.29, 1.82) is 0 Å². The molecule has 1 atom stereocenters. The van der Waals surface area contributed by atoms with E-state index in [1.54, 1.807) is 0 Å². The van der Waals surface area contributed by atoms with E-state index in [4.69, 9.17) is 15.3 Å². The molecule has 0 aromatic carbocycles.